The lowest BCUT2D eigenvalue weighted by Gasteiger charge is -2.24. The van der Waals surface area contributed by atoms with Gasteiger partial charge in [-0.15, -0.1) is 0 Å². The quantitative estimate of drug-likeness (QED) is 0.781. The van der Waals surface area contributed by atoms with Gasteiger partial charge in [0.2, 0.25) is 0 Å². The van der Waals surface area contributed by atoms with Crippen LogP contribution in [0.4, 0.5) is 14.5 Å². The minimum atomic E-state index is -1.98. The van der Waals surface area contributed by atoms with Crippen LogP contribution in [0.5, 0.6) is 0 Å². The summed E-state index contributed by atoms with van der Waals surface area (Å²) in [6, 6.07) is 18.1. The number of hydrogen-bond donors (Lipinski definition) is 1. The summed E-state index contributed by atoms with van der Waals surface area (Å²) in [6.07, 6.45) is 0. The van der Waals surface area contributed by atoms with E-state index in [0.717, 1.165) is 6.07 Å². The van der Waals surface area contributed by atoms with Crippen molar-refractivity contribution in [2.24, 2.45) is 0 Å². The van der Waals surface area contributed by atoms with Crippen LogP contribution in [-0.4, -0.2) is 11.0 Å². The number of amides is 1. The van der Waals surface area contributed by atoms with Gasteiger partial charge in [0.05, 0.1) is 12.2 Å². The smallest absolute Gasteiger partial charge is 0.268 e. The van der Waals surface area contributed by atoms with Crippen molar-refractivity contribution in [1.29, 1.82) is 0 Å². The molecule has 0 radical (unpaired) electrons. The van der Waals surface area contributed by atoms with Crippen LogP contribution < -0.4 is 4.90 Å². The predicted octanol–water partition coefficient (Wildman–Crippen LogP) is 3.75. The van der Waals surface area contributed by atoms with E-state index in [0.29, 0.717) is 16.8 Å². The summed E-state index contributed by atoms with van der Waals surface area (Å²) in [5.74, 6) is -1.53. The Morgan fingerprint density at radius 3 is 2.31 bits per heavy atom. The van der Waals surface area contributed by atoms with Gasteiger partial charge in [0.15, 0.2) is 5.60 Å². The molecule has 0 saturated heterocycles. The normalized spacial score (nSPS) is 18.9. The molecule has 0 aromatic heterocycles. The van der Waals surface area contributed by atoms with Crippen molar-refractivity contribution in [2.75, 3.05) is 4.90 Å². The van der Waals surface area contributed by atoms with Crippen LogP contribution in [-0.2, 0) is 16.9 Å². The topological polar surface area (TPSA) is 40.5 Å². The van der Waals surface area contributed by atoms with Crippen molar-refractivity contribution >= 4 is 11.6 Å². The van der Waals surface area contributed by atoms with E-state index in [1.54, 1.807) is 36.4 Å². The predicted molar refractivity (Wildman–Crippen MR) is 93.4 cm³/mol. The largest absolute Gasteiger partial charge is 0.372 e. The number of aliphatic hydroxyl groups is 1. The van der Waals surface area contributed by atoms with Crippen LogP contribution >= 0.6 is 0 Å². The van der Waals surface area contributed by atoms with Crippen molar-refractivity contribution in [3.8, 4) is 0 Å². The maximum Gasteiger partial charge on any atom is 0.268 e. The van der Waals surface area contributed by atoms with Crippen LogP contribution in [0, 0.1) is 11.6 Å². The number of fused-ring (bicyclic) bond motifs is 1. The minimum absolute atomic E-state index is 0.102. The Bertz CT molecular complexity index is 1000. The molecule has 3 aromatic rings. The molecule has 1 aliphatic rings. The number of nitrogens with zero attached hydrogens (tertiary/aromatic N) is 1. The third kappa shape index (κ3) is 2.48. The summed E-state index contributed by atoms with van der Waals surface area (Å²) in [4.78, 5) is 14.5. The standard InChI is InChI=1S/C21H15F2NO2/c22-16-7-3-5-14(11-16)13-24-19-10-2-1-9-18(19)21(26,20(24)25)15-6-4-8-17(23)12-15/h1-12,26H,13H2. The SMILES string of the molecule is O=C1N(Cc2cccc(F)c2)c2ccccc2C1(O)c1cccc(F)c1. The molecule has 1 aliphatic heterocycles. The van der Waals surface area contributed by atoms with E-state index in [-0.39, 0.29) is 12.1 Å². The van der Waals surface area contributed by atoms with Crippen molar-refractivity contribution in [2.45, 2.75) is 12.1 Å². The Hall–Kier alpha value is -3.05. The molecule has 3 nitrogen and oxygen atoms in total. The monoisotopic (exact) mass is 351 g/mol. The highest BCUT2D eigenvalue weighted by Gasteiger charge is 2.51. The van der Waals surface area contributed by atoms with Crippen LogP contribution in [0.3, 0.4) is 0 Å². The van der Waals surface area contributed by atoms with Crippen LogP contribution in [0.1, 0.15) is 16.7 Å². The lowest BCUT2D eigenvalue weighted by atomic mass is 9.87. The molecule has 1 heterocycles. The first-order valence-corrected chi connectivity index (χ1v) is 8.14. The van der Waals surface area contributed by atoms with Crippen molar-refractivity contribution in [3.05, 3.63) is 101 Å². The summed E-state index contributed by atoms with van der Waals surface area (Å²) in [5.41, 5.74) is -0.319. The van der Waals surface area contributed by atoms with Gasteiger partial charge in [0.1, 0.15) is 11.6 Å². The maximum atomic E-state index is 13.7. The van der Waals surface area contributed by atoms with E-state index in [4.69, 9.17) is 0 Å². The summed E-state index contributed by atoms with van der Waals surface area (Å²) in [7, 11) is 0. The lowest BCUT2D eigenvalue weighted by molar-refractivity contribution is -0.132. The Kier molecular flexibility index (Phi) is 3.81. The van der Waals surface area contributed by atoms with Gasteiger partial charge in [0, 0.05) is 11.1 Å². The van der Waals surface area contributed by atoms with Gasteiger partial charge < -0.3 is 10.0 Å². The lowest BCUT2D eigenvalue weighted by Crippen LogP contribution is -2.41. The summed E-state index contributed by atoms with van der Waals surface area (Å²) >= 11 is 0. The highest BCUT2D eigenvalue weighted by molar-refractivity contribution is 6.09. The molecule has 0 spiro atoms. The maximum absolute atomic E-state index is 13.7. The number of carbonyl (C=O) groups is 1. The number of para-hydroxylation sites is 1. The second-order valence-corrected chi connectivity index (χ2v) is 6.26. The number of anilines is 1. The van der Waals surface area contributed by atoms with E-state index < -0.39 is 23.1 Å². The summed E-state index contributed by atoms with van der Waals surface area (Å²) in [6.45, 7) is 0.102. The zero-order chi connectivity index (χ0) is 18.3. The van der Waals surface area contributed by atoms with Gasteiger partial charge in [-0.25, -0.2) is 8.78 Å². The van der Waals surface area contributed by atoms with E-state index >= 15 is 0 Å². The average Bonchev–Trinajstić information content (AvgIpc) is 2.85. The van der Waals surface area contributed by atoms with Crippen molar-refractivity contribution in [3.63, 3.8) is 0 Å². The second kappa shape index (κ2) is 6.04. The Morgan fingerprint density at radius 1 is 0.885 bits per heavy atom. The number of carbonyl (C=O) groups excluding carboxylic acids is 1. The Morgan fingerprint density at radius 2 is 1.58 bits per heavy atom. The van der Waals surface area contributed by atoms with E-state index in [2.05, 4.69) is 0 Å². The van der Waals surface area contributed by atoms with Gasteiger partial charge in [-0.1, -0.05) is 42.5 Å². The Balaban J connectivity index is 1.83. The first kappa shape index (κ1) is 16.4. The molecular weight excluding hydrogens is 336 g/mol. The van der Waals surface area contributed by atoms with Gasteiger partial charge in [-0.3, -0.25) is 4.79 Å². The molecule has 1 N–H and O–H groups in total. The molecule has 0 fully saturated rings. The molecule has 3 aromatic carbocycles. The van der Waals surface area contributed by atoms with Gasteiger partial charge in [-0.05, 0) is 35.9 Å². The average molecular weight is 351 g/mol. The fourth-order valence-electron chi connectivity index (χ4n) is 3.40. The zero-order valence-corrected chi connectivity index (χ0v) is 13.7. The molecule has 0 bridgehead atoms. The Labute approximate surface area is 149 Å². The van der Waals surface area contributed by atoms with Crippen LogP contribution in [0.15, 0.2) is 72.8 Å². The van der Waals surface area contributed by atoms with E-state index in [1.807, 2.05) is 0 Å². The van der Waals surface area contributed by atoms with E-state index in [1.165, 1.54) is 35.2 Å². The first-order chi connectivity index (χ1) is 12.5. The molecule has 0 saturated carbocycles. The number of benzene rings is 3. The molecular formula is C21H15F2NO2. The number of hydrogen-bond acceptors (Lipinski definition) is 2. The molecule has 1 atom stereocenters. The molecule has 4 rings (SSSR count). The molecule has 130 valence electrons. The van der Waals surface area contributed by atoms with E-state index in [9.17, 15) is 18.7 Å². The molecule has 5 heteroatoms. The summed E-state index contributed by atoms with van der Waals surface area (Å²) in [5, 5.41) is 11.3. The fraction of sp³-hybridized carbons (Fsp3) is 0.0952. The highest BCUT2D eigenvalue weighted by Crippen LogP contribution is 2.44. The number of rotatable bonds is 3. The molecule has 1 unspecified atom stereocenters. The fourth-order valence-corrected chi connectivity index (χ4v) is 3.40. The van der Waals surface area contributed by atoms with Gasteiger partial charge in [-0.2, -0.15) is 0 Å². The minimum Gasteiger partial charge on any atom is -0.372 e. The van der Waals surface area contributed by atoms with Crippen molar-refractivity contribution < 1.29 is 18.7 Å². The second-order valence-electron chi connectivity index (χ2n) is 6.26. The molecule has 1 amide bonds. The third-order valence-electron chi connectivity index (χ3n) is 4.61. The van der Waals surface area contributed by atoms with Gasteiger partial charge in [0.25, 0.3) is 5.91 Å². The van der Waals surface area contributed by atoms with Crippen molar-refractivity contribution in [1.82, 2.24) is 0 Å². The molecule has 26 heavy (non-hydrogen) atoms. The van der Waals surface area contributed by atoms with Crippen LogP contribution in [0.25, 0.3) is 0 Å². The molecule has 0 aliphatic carbocycles. The highest BCUT2D eigenvalue weighted by atomic mass is 19.1. The van der Waals surface area contributed by atoms with Gasteiger partial charge >= 0.3 is 0 Å². The first-order valence-electron chi connectivity index (χ1n) is 8.14. The number of halogens is 2. The zero-order valence-electron chi connectivity index (χ0n) is 13.7. The van der Waals surface area contributed by atoms with Crippen LogP contribution in [0.2, 0.25) is 0 Å². The third-order valence-corrected chi connectivity index (χ3v) is 4.61. The summed E-state index contributed by atoms with van der Waals surface area (Å²) < 4.78 is 27.2.